The van der Waals surface area contributed by atoms with E-state index in [0.717, 1.165) is 12.1 Å². The Kier molecular flexibility index (Phi) is 5.61. The van der Waals surface area contributed by atoms with Gasteiger partial charge in [0.2, 0.25) is 0 Å². The molecule has 0 aliphatic carbocycles. The zero-order chi connectivity index (χ0) is 13.6. The quantitative estimate of drug-likeness (QED) is 0.860. The fraction of sp³-hybridized carbons (Fsp3) is 0.500. The molecule has 0 atom stereocenters. The lowest BCUT2D eigenvalue weighted by Gasteiger charge is -2.25. The Morgan fingerprint density at radius 2 is 2.17 bits per heavy atom. The molecular weight excluding hydrogens is 248 g/mol. The first-order valence-electron chi connectivity index (χ1n) is 6.01. The summed E-state index contributed by atoms with van der Waals surface area (Å²) in [5, 5.41) is 12.7. The minimum Gasteiger partial charge on any atom is -0.375 e. The lowest BCUT2D eigenvalue weighted by atomic mass is 10.1. The van der Waals surface area contributed by atoms with Gasteiger partial charge in [-0.1, -0.05) is 17.7 Å². The molecule has 1 aromatic carbocycles. The van der Waals surface area contributed by atoms with Crippen LogP contribution in [0.3, 0.4) is 0 Å². The van der Waals surface area contributed by atoms with E-state index in [2.05, 4.69) is 11.4 Å². The van der Waals surface area contributed by atoms with Crippen molar-refractivity contribution >= 4 is 11.6 Å². The van der Waals surface area contributed by atoms with E-state index in [1.807, 2.05) is 26.8 Å². The standard InChI is InChI=1S/C14H19ClN2O/c1-4-18-14(2,3)10-17-9-12-6-5-11(8-16)7-13(12)15/h5-7,17H,4,9-10H2,1-3H3. The van der Waals surface area contributed by atoms with Gasteiger partial charge in [-0.3, -0.25) is 0 Å². The minimum atomic E-state index is -0.187. The molecule has 0 aliphatic rings. The third-order valence-corrected chi connectivity index (χ3v) is 2.94. The number of halogens is 1. The lowest BCUT2D eigenvalue weighted by Crippen LogP contribution is -2.37. The van der Waals surface area contributed by atoms with Crippen molar-refractivity contribution < 1.29 is 4.74 Å². The normalized spacial score (nSPS) is 11.3. The summed E-state index contributed by atoms with van der Waals surface area (Å²) >= 11 is 6.10. The first kappa shape index (κ1) is 15.0. The molecular formula is C14H19ClN2O. The van der Waals surface area contributed by atoms with Crippen LogP contribution < -0.4 is 5.32 Å². The second-order valence-electron chi connectivity index (χ2n) is 4.71. The van der Waals surface area contributed by atoms with Crippen LogP contribution in [0.2, 0.25) is 5.02 Å². The lowest BCUT2D eigenvalue weighted by molar-refractivity contribution is -0.00897. The Morgan fingerprint density at radius 3 is 2.72 bits per heavy atom. The summed E-state index contributed by atoms with van der Waals surface area (Å²) in [6, 6.07) is 7.40. The monoisotopic (exact) mass is 266 g/mol. The SMILES string of the molecule is CCOC(C)(C)CNCc1ccc(C#N)cc1Cl. The van der Waals surface area contributed by atoms with E-state index in [1.165, 1.54) is 0 Å². The van der Waals surface area contributed by atoms with Crippen molar-refractivity contribution in [1.29, 1.82) is 5.26 Å². The van der Waals surface area contributed by atoms with E-state index in [-0.39, 0.29) is 5.60 Å². The Labute approximate surface area is 114 Å². The van der Waals surface area contributed by atoms with Gasteiger partial charge in [-0.2, -0.15) is 5.26 Å². The Bertz CT molecular complexity index is 438. The molecule has 18 heavy (non-hydrogen) atoms. The van der Waals surface area contributed by atoms with Crippen LogP contribution in [0.4, 0.5) is 0 Å². The average molecular weight is 267 g/mol. The summed E-state index contributed by atoms with van der Waals surface area (Å²) in [6.45, 7) is 8.19. The van der Waals surface area contributed by atoms with Gasteiger partial charge in [0.25, 0.3) is 0 Å². The second-order valence-corrected chi connectivity index (χ2v) is 5.12. The van der Waals surface area contributed by atoms with Crippen LogP contribution in [-0.4, -0.2) is 18.8 Å². The van der Waals surface area contributed by atoms with Crippen LogP contribution in [0.5, 0.6) is 0 Å². The van der Waals surface area contributed by atoms with Crippen LogP contribution in [0, 0.1) is 11.3 Å². The predicted molar refractivity (Wildman–Crippen MR) is 73.6 cm³/mol. The number of ether oxygens (including phenoxy) is 1. The van der Waals surface area contributed by atoms with Crippen LogP contribution in [0.25, 0.3) is 0 Å². The van der Waals surface area contributed by atoms with Crippen LogP contribution in [-0.2, 0) is 11.3 Å². The van der Waals surface area contributed by atoms with Crippen molar-refractivity contribution in [2.24, 2.45) is 0 Å². The Balaban J connectivity index is 2.52. The summed E-state index contributed by atoms with van der Waals surface area (Å²) in [6.07, 6.45) is 0. The highest BCUT2D eigenvalue weighted by Gasteiger charge is 2.16. The Morgan fingerprint density at radius 1 is 1.44 bits per heavy atom. The molecule has 0 saturated carbocycles. The molecule has 0 aromatic heterocycles. The summed E-state index contributed by atoms with van der Waals surface area (Å²) in [5.41, 5.74) is 1.38. The van der Waals surface area contributed by atoms with E-state index < -0.39 is 0 Å². The van der Waals surface area contributed by atoms with E-state index in [1.54, 1.807) is 12.1 Å². The maximum Gasteiger partial charge on any atom is 0.0992 e. The van der Waals surface area contributed by atoms with E-state index in [4.69, 9.17) is 21.6 Å². The van der Waals surface area contributed by atoms with Crippen LogP contribution in [0.1, 0.15) is 31.9 Å². The van der Waals surface area contributed by atoms with Gasteiger partial charge in [0.05, 0.1) is 17.2 Å². The largest absolute Gasteiger partial charge is 0.375 e. The first-order valence-corrected chi connectivity index (χ1v) is 6.39. The topological polar surface area (TPSA) is 45.0 Å². The smallest absolute Gasteiger partial charge is 0.0992 e. The molecule has 3 nitrogen and oxygen atoms in total. The van der Waals surface area contributed by atoms with Gasteiger partial charge in [0.1, 0.15) is 0 Å². The molecule has 0 spiro atoms. The van der Waals surface area contributed by atoms with E-state index >= 15 is 0 Å². The van der Waals surface area contributed by atoms with Crippen molar-refractivity contribution in [3.8, 4) is 6.07 Å². The number of nitrogens with one attached hydrogen (secondary N) is 1. The van der Waals surface area contributed by atoms with Gasteiger partial charge >= 0.3 is 0 Å². The molecule has 0 unspecified atom stereocenters. The zero-order valence-corrected chi connectivity index (χ0v) is 11.8. The molecule has 0 bridgehead atoms. The number of nitriles is 1. The van der Waals surface area contributed by atoms with Crippen LogP contribution >= 0.6 is 11.6 Å². The number of nitrogens with zero attached hydrogens (tertiary/aromatic N) is 1. The molecule has 0 heterocycles. The number of benzene rings is 1. The molecule has 0 aliphatic heterocycles. The van der Waals surface area contributed by atoms with Crippen molar-refractivity contribution in [3.05, 3.63) is 34.3 Å². The van der Waals surface area contributed by atoms with Gasteiger partial charge in [-0.05, 0) is 38.5 Å². The maximum atomic E-state index is 8.75. The molecule has 98 valence electrons. The highest BCUT2D eigenvalue weighted by atomic mass is 35.5. The van der Waals surface area contributed by atoms with Crippen molar-refractivity contribution in [2.45, 2.75) is 32.9 Å². The fourth-order valence-electron chi connectivity index (χ4n) is 1.70. The number of rotatable bonds is 6. The number of hydrogen-bond acceptors (Lipinski definition) is 3. The highest BCUT2D eigenvalue weighted by Crippen LogP contribution is 2.17. The minimum absolute atomic E-state index is 0.187. The molecule has 1 rings (SSSR count). The summed E-state index contributed by atoms with van der Waals surface area (Å²) in [5.74, 6) is 0. The summed E-state index contributed by atoms with van der Waals surface area (Å²) in [4.78, 5) is 0. The highest BCUT2D eigenvalue weighted by molar-refractivity contribution is 6.31. The van der Waals surface area contributed by atoms with E-state index in [0.29, 0.717) is 23.7 Å². The molecule has 0 fully saturated rings. The zero-order valence-electron chi connectivity index (χ0n) is 11.1. The molecule has 1 aromatic rings. The summed E-state index contributed by atoms with van der Waals surface area (Å²) < 4.78 is 5.60. The van der Waals surface area contributed by atoms with Gasteiger partial charge < -0.3 is 10.1 Å². The van der Waals surface area contributed by atoms with Gasteiger partial charge in [-0.25, -0.2) is 0 Å². The maximum absolute atomic E-state index is 8.75. The molecule has 1 N–H and O–H groups in total. The fourth-order valence-corrected chi connectivity index (χ4v) is 1.95. The second kappa shape index (κ2) is 6.75. The average Bonchev–Trinajstić information content (AvgIpc) is 2.31. The third kappa shape index (κ3) is 4.66. The molecule has 4 heteroatoms. The summed E-state index contributed by atoms with van der Waals surface area (Å²) in [7, 11) is 0. The number of hydrogen-bond donors (Lipinski definition) is 1. The van der Waals surface area contributed by atoms with Gasteiger partial charge in [-0.15, -0.1) is 0 Å². The van der Waals surface area contributed by atoms with Gasteiger partial charge in [0, 0.05) is 24.7 Å². The molecule has 0 radical (unpaired) electrons. The predicted octanol–water partition coefficient (Wildman–Crippen LogP) is 3.12. The van der Waals surface area contributed by atoms with Crippen LogP contribution in [0.15, 0.2) is 18.2 Å². The first-order chi connectivity index (χ1) is 8.48. The third-order valence-electron chi connectivity index (χ3n) is 2.58. The molecule has 0 amide bonds. The van der Waals surface area contributed by atoms with E-state index in [9.17, 15) is 0 Å². The molecule has 0 saturated heterocycles. The van der Waals surface area contributed by atoms with Crippen molar-refractivity contribution in [3.63, 3.8) is 0 Å². The van der Waals surface area contributed by atoms with Crippen molar-refractivity contribution in [2.75, 3.05) is 13.2 Å². The Hall–Kier alpha value is -1.08. The van der Waals surface area contributed by atoms with Crippen molar-refractivity contribution in [1.82, 2.24) is 5.32 Å². The van der Waals surface area contributed by atoms with Gasteiger partial charge in [0.15, 0.2) is 0 Å².